The predicted octanol–water partition coefficient (Wildman–Crippen LogP) is 3.48. The molecule has 0 aliphatic heterocycles. The summed E-state index contributed by atoms with van der Waals surface area (Å²) in [6, 6.07) is -0.395. The molecular formula is C19H33N3O4. The van der Waals surface area contributed by atoms with Gasteiger partial charge in [-0.3, -0.25) is 10.1 Å². The van der Waals surface area contributed by atoms with Gasteiger partial charge in [0.2, 0.25) is 0 Å². The summed E-state index contributed by atoms with van der Waals surface area (Å²) >= 11 is 0. The van der Waals surface area contributed by atoms with E-state index >= 15 is 0 Å². The number of rotatable bonds is 6. The third kappa shape index (κ3) is 6.50. The number of carbonyl (C=O) groups is 3. The zero-order valence-electron chi connectivity index (χ0n) is 15.8. The van der Waals surface area contributed by atoms with Crippen LogP contribution in [0.5, 0.6) is 0 Å². The van der Waals surface area contributed by atoms with Crippen LogP contribution in [-0.2, 0) is 4.79 Å². The van der Waals surface area contributed by atoms with Crippen molar-refractivity contribution in [2.45, 2.75) is 89.6 Å². The number of nitrogens with zero attached hydrogens (tertiary/aromatic N) is 1. The van der Waals surface area contributed by atoms with Crippen molar-refractivity contribution in [2.24, 2.45) is 5.92 Å². The molecule has 0 saturated heterocycles. The standard InChI is InChI=1S/C19H33N3O4/c1-14-9-11-16(12-10-14)22(15-6-3-2-4-7-15)19(26)21-18(25)20-13-5-8-17(23)24/h14-16H,2-13H2,1H3,(H,23,24)(H2,20,21,25,26). The maximum Gasteiger partial charge on any atom is 0.325 e. The SMILES string of the molecule is CC1CCC(N(C(=O)NC(=O)NCCCC(=O)O)C2CCCCC2)CC1. The van der Waals surface area contributed by atoms with Gasteiger partial charge in [0.05, 0.1) is 0 Å². The first-order valence-corrected chi connectivity index (χ1v) is 10.1. The number of imide groups is 1. The third-order valence-corrected chi connectivity index (χ3v) is 5.65. The molecule has 0 radical (unpaired) electrons. The topological polar surface area (TPSA) is 98.7 Å². The maximum absolute atomic E-state index is 12.8. The summed E-state index contributed by atoms with van der Waals surface area (Å²) in [6.07, 6.45) is 10.1. The molecule has 0 aromatic rings. The number of carboxylic acids is 1. The Morgan fingerprint density at radius 2 is 1.58 bits per heavy atom. The van der Waals surface area contributed by atoms with Crippen molar-refractivity contribution in [3.63, 3.8) is 0 Å². The molecule has 148 valence electrons. The van der Waals surface area contributed by atoms with Crippen LogP contribution in [-0.4, -0.2) is 46.7 Å². The summed E-state index contributed by atoms with van der Waals surface area (Å²) in [4.78, 5) is 37.3. The number of carboxylic acid groups (broad SMARTS) is 1. The largest absolute Gasteiger partial charge is 0.481 e. The Balaban J connectivity index is 1.89. The summed E-state index contributed by atoms with van der Waals surface area (Å²) < 4.78 is 0. The summed E-state index contributed by atoms with van der Waals surface area (Å²) in [6.45, 7) is 2.50. The Morgan fingerprint density at radius 1 is 0.962 bits per heavy atom. The van der Waals surface area contributed by atoms with Crippen molar-refractivity contribution < 1.29 is 19.5 Å². The number of aliphatic carboxylic acids is 1. The molecule has 0 spiro atoms. The van der Waals surface area contributed by atoms with Gasteiger partial charge in [0.1, 0.15) is 0 Å². The average Bonchev–Trinajstić information content (AvgIpc) is 2.61. The van der Waals surface area contributed by atoms with E-state index in [-0.39, 0.29) is 31.1 Å². The van der Waals surface area contributed by atoms with Crippen LogP contribution in [0, 0.1) is 5.92 Å². The van der Waals surface area contributed by atoms with Gasteiger partial charge in [-0.25, -0.2) is 9.59 Å². The highest BCUT2D eigenvalue weighted by Gasteiger charge is 2.34. The van der Waals surface area contributed by atoms with E-state index in [1.807, 2.05) is 4.90 Å². The molecule has 7 nitrogen and oxygen atoms in total. The van der Waals surface area contributed by atoms with Crippen molar-refractivity contribution in [3.05, 3.63) is 0 Å². The molecule has 0 aromatic heterocycles. The van der Waals surface area contributed by atoms with E-state index in [4.69, 9.17) is 5.11 Å². The molecule has 0 aromatic carbocycles. The highest BCUT2D eigenvalue weighted by molar-refractivity contribution is 5.93. The van der Waals surface area contributed by atoms with E-state index in [9.17, 15) is 14.4 Å². The van der Waals surface area contributed by atoms with E-state index in [0.717, 1.165) is 51.4 Å². The molecule has 2 aliphatic carbocycles. The fraction of sp³-hybridized carbons (Fsp3) is 0.842. The van der Waals surface area contributed by atoms with Crippen LogP contribution in [0.25, 0.3) is 0 Å². The van der Waals surface area contributed by atoms with Gasteiger partial charge in [0.15, 0.2) is 0 Å². The Labute approximate surface area is 155 Å². The summed E-state index contributed by atoms with van der Waals surface area (Å²) in [5, 5.41) is 13.7. The highest BCUT2D eigenvalue weighted by Crippen LogP contribution is 2.32. The Bertz CT molecular complexity index is 483. The molecule has 0 unspecified atom stereocenters. The van der Waals surface area contributed by atoms with Crippen molar-refractivity contribution >= 4 is 18.0 Å². The molecule has 2 saturated carbocycles. The van der Waals surface area contributed by atoms with Crippen LogP contribution < -0.4 is 10.6 Å². The quantitative estimate of drug-likeness (QED) is 0.626. The lowest BCUT2D eigenvalue weighted by Crippen LogP contribution is -2.55. The Hall–Kier alpha value is -1.79. The van der Waals surface area contributed by atoms with Gasteiger partial charge in [0, 0.05) is 25.0 Å². The molecule has 7 heteroatoms. The first kappa shape index (κ1) is 20.5. The molecule has 2 fully saturated rings. The third-order valence-electron chi connectivity index (χ3n) is 5.65. The predicted molar refractivity (Wildman–Crippen MR) is 98.9 cm³/mol. The maximum atomic E-state index is 12.8. The van der Waals surface area contributed by atoms with Crippen LogP contribution in [0.4, 0.5) is 9.59 Å². The molecule has 2 rings (SSSR count). The zero-order chi connectivity index (χ0) is 18.9. The lowest BCUT2D eigenvalue weighted by molar-refractivity contribution is -0.137. The fourth-order valence-corrected chi connectivity index (χ4v) is 4.16. The second kappa shape index (κ2) is 10.4. The van der Waals surface area contributed by atoms with Gasteiger partial charge in [0.25, 0.3) is 0 Å². The van der Waals surface area contributed by atoms with Gasteiger partial charge in [-0.05, 0) is 50.9 Å². The minimum atomic E-state index is -0.890. The number of urea groups is 2. The van der Waals surface area contributed by atoms with Gasteiger partial charge >= 0.3 is 18.0 Å². The monoisotopic (exact) mass is 367 g/mol. The Kier molecular flexibility index (Phi) is 8.19. The molecule has 0 bridgehead atoms. The van der Waals surface area contributed by atoms with Gasteiger partial charge < -0.3 is 15.3 Å². The molecule has 26 heavy (non-hydrogen) atoms. The molecule has 0 heterocycles. The summed E-state index contributed by atoms with van der Waals surface area (Å²) in [5.74, 6) is -0.182. The normalized spacial score (nSPS) is 23.9. The first-order valence-electron chi connectivity index (χ1n) is 10.1. The van der Waals surface area contributed by atoms with E-state index in [1.165, 1.54) is 6.42 Å². The minimum Gasteiger partial charge on any atom is -0.481 e. The van der Waals surface area contributed by atoms with Crippen LogP contribution >= 0.6 is 0 Å². The van der Waals surface area contributed by atoms with E-state index in [0.29, 0.717) is 12.3 Å². The van der Waals surface area contributed by atoms with Gasteiger partial charge in [-0.1, -0.05) is 26.2 Å². The van der Waals surface area contributed by atoms with E-state index < -0.39 is 12.0 Å². The van der Waals surface area contributed by atoms with Crippen molar-refractivity contribution in [2.75, 3.05) is 6.54 Å². The average molecular weight is 367 g/mol. The van der Waals surface area contributed by atoms with E-state index in [2.05, 4.69) is 17.6 Å². The lowest BCUT2D eigenvalue weighted by atomic mass is 9.84. The van der Waals surface area contributed by atoms with Crippen LogP contribution in [0.1, 0.15) is 77.6 Å². The van der Waals surface area contributed by atoms with Gasteiger partial charge in [-0.2, -0.15) is 0 Å². The lowest BCUT2D eigenvalue weighted by Gasteiger charge is -2.42. The summed E-state index contributed by atoms with van der Waals surface area (Å²) in [7, 11) is 0. The van der Waals surface area contributed by atoms with Crippen LogP contribution in [0.15, 0.2) is 0 Å². The Morgan fingerprint density at radius 3 is 2.19 bits per heavy atom. The molecule has 4 amide bonds. The number of amides is 4. The fourth-order valence-electron chi connectivity index (χ4n) is 4.16. The molecular weight excluding hydrogens is 334 g/mol. The number of carbonyl (C=O) groups excluding carboxylic acids is 2. The minimum absolute atomic E-state index is 0.00266. The zero-order valence-corrected chi connectivity index (χ0v) is 15.8. The summed E-state index contributed by atoms with van der Waals surface area (Å²) in [5.41, 5.74) is 0. The van der Waals surface area contributed by atoms with Gasteiger partial charge in [-0.15, -0.1) is 0 Å². The molecule has 2 aliphatic rings. The van der Waals surface area contributed by atoms with Crippen molar-refractivity contribution in [1.29, 1.82) is 0 Å². The van der Waals surface area contributed by atoms with Crippen molar-refractivity contribution in [1.82, 2.24) is 15.5 Å². The van der Waals surface area contributed by atoms with Crippen LogP contribution in [0.3, 0.4) is 0 Å². The first-order chi connectivity index (χ1) is 12.5. The van der Waals surface area contributed by atoms with Crippen molar-refractivity contribution in [3.8, 4) is 0 Å². The number of nitrogens with one attached hydrogen (secondary N) is 2. The smallest absolute Gasteiger partial charge is 0.325 e. The second-order valence-electron chi connectivity index (χ2n) is 7.80. The number of hydrogen-bond acceptors (Lipinski definition) is 3. The number of hydrogen-bond donors (Lipinski definition) is 3. The second-order valence-corrected chi connectivity index (χ2v) is 7.80. The molecule has 0 atom stereocenters. The highest BCUT2D eigenvalue weighted by atomic mass is 16.4. The van der Waals surface area contributed by atoms with E-state index in [1.54, 1.807) is 0 Å². The van der Waals surface area contributed by atoms with Crippen LogP contribution in [0.2, 0.25) is 0 Å². The molecule has 3 N–H and O–H groups in total.